The Morgan fingerprint density at radius 1 is 1.50 bits per heavy atom. The molecule has 14 heavy (non-hydrogen) atoms. The van der Waals surface area contributed by atoms with E-state index in [2.05, 4.69) is 11.1 Å². The third-order valence-electron chi connectivity index (χ3n) is 2.51. The highest BCUT2D eigenvalue weighted by molar-refractivity contribution is 7.10. The van der Waals surface area contributed by atoms with E-state index in [1.54, 1.807) is 11.3 Å². The van der Waals surface area contributed by atoms with Crippen LogP contribution in [0.15, 0.2) is 11.0 Å². The van der Waals surface area contributed by atoms with Gasteiger partial charge in [-0.3, -0.25) is 0 Å². The van der Waals surface area contributed by atoms with Crippen molar-refractivity contribution in [3.05, 3.63) is 21.7 Å². The van der Waals surface area contributed by atoms with E-state index in [1.807, 2.05) is 12.3 Å². The van der Waals surface area contributed by atoms with E-state index in [-0.39, 0.29) is 0 Å². The van der Waals surface area contributed by atoms with Crippen LogP contribution in [0.3, 0.4) is 0 Å². The van der Waals surface area contributed by atoms with Crippen molar-refractivity contribution in [3.8, 4) is 6.07 Å². The van der Waals surface area contributed by atoms with Crippen LogP contribution >= 0.6 is 11.3 Å². The van der Waals surface area contributed by atoms with Crippen molar-refractivity contribution >= 4 is 16.9 Å². The second-order valence-electron chi connectivity index (χ2n) is 3.59. The van der Waals surface area contributed by atoms with E-state index in [1.165, 1.54) is 18.4 Å². The van der Waals surface area contributed by atoms with Gasteiger partial charge in [-0.1, -0.05) is 0 Å². The van der Waals surface area contributed by atoms with Crippen LogP contribution in [0, 0.1) is 18.3 Å². The number of rotatable bonds is 1. The van der Waals surface area contributed by atoms with Crippen molar-refractivity contribution in [2.45, 2.75) is 32.6 Å². The number of aryl methyl sites for hydroxylation is 1. The average molecular weight is 204 g/mol. The summed E-state index contributed by atoms with van der Waals surface area (Å²) in [6, 6.07) is 2.30. The molecule has 0 amide bonds. The number of nitrogens with zero attached hydrogens (tertiary/aromatic N) is 2. The first-order valence-electron chi connectivity index (χ1n) is 4.86. The number of thiazole rings is 1. The molecule has 0 bridgehead atoms. The molecule has 1 aromatic heterocycles. The Morgan fingerprint density at radius 3 is 2.71 bits per heavy atom. The molecule has 0 unspecified atom stereocenters. The summed E-state index contributed by atoms with van der Waals surface area (Å²) in [5, 5.41) is 12.0. The zero-order valence-electron chi connectivity index (χ0n) is 8.21. The Balaban J connectivity index is 2.39. The predicted octanol–water partition coefficient (Wildman–Crippen LogP) is 3.30. The van der Waals surface area contributed by atoms with Gasteiger partial charge in [0.2, 0.25) is 0 Å². The van der Waals surface area contributed by atoms with Gasteiger partial charge in [0, 0.05) is 11.1 Å². The summed E-state index contributed by atoms with van der Waals surface area (Å²) < 4.78 is 0. The molecular formula is C11H12N2S. The van der Waals surface area contributed by atoms with Gasteiger partial charge in [0.25, 0.3) is 0 Å². The smallest absolute Gasteiger partial charge is 0.134 e. The number of allylic oxidation sites excluding steroid dienone is 2. The number of hydrogen-bond acceptors (Lipinski definition) is 3. The summed E-state index contributed by atoms with van der Waals surface area (Å²) >= 11 is 1.58. The quantitative estimate of drug-likeness (QED) is 0.658. The van der Waals surface area contributed by atoms with E-state index < -0.39 is 0 Å². The van der Waals surface area contributed by atoms with E-state index in [0.717, 1.165) is 29.1 Å². The molecule has 1 fully saturated rings. The van der Waals surface area contributed by atoms with Gasteiger partial charge in [-0.05, 0) is 38.2 Å². The first-order valence-corrected chi connectivity index (χ1v) is 5.74. The summed E-state index contributed by atoms with van der Waals surface area (Å²) in [5.74, 6) is 0. The molecule has 1 aliphatic carbocycles. The molecule has 0 radical (unpaired) electrons. The fraction of sp³-hybridized carbons (Fsp3) is 0.455. The van der Waals surface area contributed by atoms with Crippen LogP contribution in [-0.2, 0) is 0 Å². The molecule has 0 aliphatic heterocycles. The summed E-state index contributed by atoms with van der Waals surface area (Å²) in [6.45, 7) is 1.97. The van der Waals surface area contributed by atoms with Crippen molar-refractivity contribution < 1.29 is 0 Å². The standard InChI is InChI=1S/C11H12N2S/c1-8-7-14-11(13-8)10(6-12)9-4-2-3-5-9/h7H,2-5H2,1H3. The fourth-order valence-electron chi connectivity index (χ4n) is 1.80. The summed E-state index contributed by atoms with van der Waals surface area (Å²) in [6.07, 6.45) is 4.62. The first-order chi connectivity index (χ1) is 6.81. The molecule has 72 valence electrons. The van der Waals surface area contributed by atoms with Crippen LogP contribution in [0.25, 0.3) is 5.57 Å². The fourth-order valence-corrected chi connectivity index (χ4v) is 2.64. The molecule has 0 atom stereocenters. The molecular weight excluding hydrogens is 192 g/mol. The Bertz CT molecular complexity index is 401. The lowest BCUT2D eigenvalue weighted by Crippen LogP contribution is -1.85. The van der Waals surface area contributed by atoms with Crippen LogP contribution in [0.1, 0.15) is 36.4 Å². The van der Waals surface area contributed by atoms with Gasteiger partial charge in [-0.25, -0.2) is 4.98 Å². The Hall–Kier alpha value is -1.14. The van der Waals surface area contributed by atoms with Gasteiger partial charge >= 0.3 is 0 Å². The molecule has 0 saturated heterocycles. The van der Waals surface area contributed by atoms with E-state index in [4.69, 9.17) is 5.26 Å². The van der Waals surface area contributed by atoms with Crippen LogP contribution in [0.4, 0.5) is 0 Å². The molecule has 3 heteroatoms. The predicted molar refractivity (Wildman–Crippen MR) is 57.9 cm³/mol. The lowest BCUT2D eigenvalue weighted by molar-refractivity contribution is 0.886. The van der Waals surface area contributed by atoms with Gasteiger partial charge in [0.1, 0.15) is 11.1 Å². The molecule has 0 N–H and O–H groups in total. The third-order valence-corrected chi connectivity index (χ3v) is 3.48. The average Bonchev–Trinajstić information content (AvgIpc) is 2.79. The molecule has 1 saturated carbocycles. The van der Waals surface area contributed by atoms with Crippen molar-refractivity contribution in [1.29, 1.82) is 5.26 Å². The monoisotopic (exact) mass is 204 g/mol. The van der Waals surface area contributed by atoms with Gasteiger partial charge in [-0.15, -0.1) is 11.3 Å². The van der Waals surface area contributed by atoms with Gasteiger partial charge in [-0.2, -0.15) is 5.26 Å². The van der Waals surface area contributed by atoms with Crippen LogP contribution in [0.2, 0.25) is 0 Å². The highest BCUT2D eigenvalue weighted by Gasteiger charge is 2.15. The summed E-state index contributed by atoms with van der Waals surface area (Å²) in [4.78, 5) is 4.36. The maximum Gasteiger partial charge on any atom is 0.134 e. The van der Waals surface area contributed by atoms with Crippen LogP contribution in [0.5, 0.6) is 0 Å². The minimum absolute atomic E-state index is 0.834. The molecule has 2 nitrogen and oxygen atoms in total. The van der Waals surface area contributed by atoms with Gasteiger partial charge in [0.15, 0.2) is 0 Å². The zero-order valence-corrected chi connectivity index (χ0v) is 9.02. The lowest BCUT2D eigenvalue weighted by Gasteiger charge is -1.98. The van der Waals surface area contributed by atoms with Crippen LogP contribution in [-0.4, -0.2) is 4.98 Å². The summed E-state index contributed by atoms with van der Waals surface area (Å²) in [5.41, 5.74) is 3.15. The number of nitriles is 1. The Labute approximate surface area is 87.9 Å². The second kappa shape index (κ2) is 3.93. The normalized spacial score (nSPS) is 15.6. The molecule has 1 aromatic rings. The number of hydrogen-bond donors (Lipinski definition) is 0. The highest BCUT2D eigenvalue weighted by atomic mass is 32.1. The maximum absolute atomic E-state index is 9.11. The lowest BCUT2D eigenvalue weighted by atomic mass is 10.1. The number of aromatic nitrogens is 1. The molecule has 1 aliphatic rings. The maximum atomic E-state index is 9.11. The third kappa shape index (κ3) is 1.71. The molecule has 2 rings (SSSR count). The topological polar surface area (TPSA) is 36.7 Å². The van der Waals surface area contributed by atoms with E-state index >= 15 is 0 Å². The van der Waals surface area contributed by atoms with E-state index in [9.17, 15) is 0 Å². The molecule has 0 aromatic carbocycles. The molecule has 1 heterocycles. The second-order valence-corrected chi connectivity index (χ2v) is 4.45. The van der Waals surface area contributed by atoms with Crippen molar-refractivity contribution in [1.82, 2.24) is 4.98 Å². The molecule has 0 spiro atoms. The van der Waals surface area contributed by atoms with E-state index in [0.29, 0.717) is 0 Å². The zero-order chi connectivity index (χ0) is 9.97. The van der Waals surface area contributed by atoms with Crippen molar-refractivity contribution in [3.63, 3.8) is 0 Å². The first kappa shape index (κ1) is 9.42. The van der Waals surface area contributed by atoms with Crippen LogP contribution < -0.4 is 0 Å². The highest BCUT2D eigenvalue weighted by Crippen LogP contribution is 2.32. The Kier molecular flexibility index (Phi) is 2.64. The minimum atomic E-state index is 0.834. The summed E-state index contributed by atoms with van der Waals surface area (Å²) in [7, 11) is 0. The minimum Gasteiger partial charge on any atom is -0.241 e. The van der Waals surface area contributed by atoms with Gasteiger partial charge in [0.05, 0.1) is 5.57 Å². The van der Waals surface area contributed by atoms with Crippen molar-refractivity contribution in [2.24, 2.45) is 0 Å². The largest absolute Gasteiger partial charge is 0.241 e. The SMILES string of the molecule is Cc1csc(C(C#N)=C2CCCC2)n1. The van der Waals surface area contributed by atoms with Crippen molar-refractivity contribution in [2.75, 3.05) is 0 Å². The van der Waals surface area contributed by atoms with Gasteiger partial charge < -0.3 is 0 Å². The Morgan fingerprint density at radius 2 is 2.21 bits per heavy atom.